The Bertz CT molecular complexity index is 750. The third-order valence-electron chi connectivity index (χ3n) is 3.52. The van der Waals surface area contributed by atoms with Crippen molar-refractivity contribution in [3.63, 3.8) is 0 Å². The Labute approximate surface area is 120 Å². The fourth-order valence-electron chi connectivity index (χ4n) is 2.46. The van der Waals surface area contributed by atoms with Gasteiger partial charge in [0, 0.05) is 31.2 Å². The fourth-order valence-corrected chi connectivity index (χ4v) is 2.46. The second-order valence-corrected chi connectivity index (χ2v) is 5.01. The van der Waals surface area contributed by atoms with Gasteiger partial charge in [-0.25, -0.2) is 4.98 Å². The van der Waals surface area contributed by atoms with E-state index in [1.807, 2.05) is 6.07 Å². The minimum atomic E-state index is -0.679. The standard InChI is InChI=1S/C14H14N4O3/c1-18-7-9(8-3-2-6-15-12(8)18)13(20)16-10-4-5-11(19)17-14(10)21/h2-3,6-7,10H,4-5H2,1H3,(H,16,20)(H,17,19,21). The highest BCUT2D eigenvalue weighted by Gasteiger charge is 2.28. The van der Waals surface area contributed by atoms with Gasteiger partial charge < -0.3 is 9.88 Å². The number of rotatable bonds is 2. The molecule has 2 N–H and O–H groups in total. The number of carbonyl (C=O) groups is 3. The van der Waals surface area contributed by atoms with E-state index in [0.29, 0.717) is 17.6 Å². The van der Waals surface area contributed by atoms with Crippen LogP contribution in [0.2, 0.25) is 0 Å². The minimum Gasteiger partial charge on any atom is -0.340 e. The van der Waals surface area contributed by atoms with E-state index in [2.05, 4.69) is 15.6 Å². The third kappa shape index (κ3) is 2.37. The van der Waals surface area contributed by atoms with Crippen LogP contribution in [0.15, 0.2) is 24.5 Å². The number of amides is 3. The number of fused-ring (bicyclic) bond motifs is 1. The van der Waals surface area contributed by atoms with Crippen LogP contribution in [0, 0.1) is 0 Å². The topological polar surface area (TPSA) is 93.1 Å². The smallest absolute Gasteiger partial charge is 0.254 e. The van der Waals surface area contributed by atoms with Crippen molar-refractivity contribution < 1.29 is 14.4 Å². The van der Waals surface area contributed by atoms with Crippen molar-refractivity contribution in [3.05, 3.63) is 30.1 Å². The van der Waals surface area contributed by atoms with E-state index in [1.54, 1.807) is 30.1 Å². The molecule has 1 saturated heterocycles. The number of aromatic nitrogens is 2. The molecule has 1 fully saturated rings. The zero-order chi connectivity index (χ0) is 15.0. The summed E-state index contributed by atoms with van der Waals surface area (Å²) in [4.78, 5) is 39.3. The SMILES string of the molecule is Cn1cc(C(=O)NC2CCC(=O)NC2=O)c2cccnc21. The first-order chi connectivity index (χ1) is 10.1. The molecule has 2 aromatic heterocycles. The molecule has 0 aliphatic carbocycles. The number of nitrogens with one attached hydrogen (secondary N) is 2. The Morgan fingerprint density at radius 3 is 3.05 bits per heavy atom. The first-order valence-corrected chi connectivity index (χ1v) is 6.61. The Morgan fingerprint density at radius 1 is 1.48 bits per heavy atom. The van der Waals surface area contributed by atoms with Crippen LogP contribution in [0.25, 0.3) is 11.0 Å². The molecule has 1 aliphatic rings. The van der Waals surface area contributed by atoms with Crippen LogP contribution in [-0.4, -0.2) is 33.3 Å². The highest BCUT2D eigenvalue weighted by atomic mass is 16.2. The quantitative estimate of drug-likeness (QED) is 0.766. The molecule has 0 spiro atoms. The summed E-state index contributed by atoms with van der Waals surface area (Å²) in [5, 5.41) is 5.61. The van der Waals surface area contributed by atoms with Gasteiger partial charge in [-0.15, -0.1) is 0 Å². The van der Waals surface area contributed by atoms with Crippen molar-refractivity contribution in [2.75, 3.05) is 0 Å². The summed E-state index contributed by atoms with van der Waals surface area (Å²) in [6.07, 6.45) is 3.89. The molecule has 0 saturated carbocycles. The zero-order valence-corrected chi connectivity index (χ0v) is 11.4. The maximum absolute atomic E-state index is 12.4. The molecule has 0 bridgehead atoms. The first-order valence-electron chi connectivity index (χ1n) is 6.61. The molecule has 3 amide bonds. The molecule has 1 atom stereocenters. The normalized spacial score (nSPS) is 18.6. The van der Waals surface area contributed by atoms with Gasteiger partial charge in [0.1, 0.15) is 11.7 Å². The summed E-state index contributed by atoms with van der Waals surface area (Å²) in [6.45, 7) is 0. The average molecular weight is 286 g/mol. The monoisotopic (exact) mass is 286 g/mol. The van der Waals surface area contributed by atoms with E-state index in [4.69, 9.17) is 0 Å². The lowest BCUT2D eigenvalue weighted by Gasteiger charge is -2.21. The third-order valence-corrected chi connectivity index (χ3v) is 3.52. The number of imide groups is 1. The average Bonchev–Trinajstić information content (AvgIpc) is 2.80. The number of pyridine rings is 1. The molecule has 3 rings (SSSR count). The van der Waals surface area contributed by atoms with Gasteiger partial charge in [-0.2, -0.15) is 0 Å². The summed E-state index contributed by atoms with van der Waals surface area (Å²) in [5.74, 6) is -1.11. The lowest BCUT2D eigenvalue weighted by molar-refractivity contribution is -0.134. The summed E-state index contributed by atoms with van der Waals surface area (Å²) in [5.41, 5.74) is 1.16. The van der Waals surface area contributed by atoms with E-state index in [0.717, 1.165) is 5.39 Å². The number of hydrogen-bond acceptors (Lipinski definition) is 4. The van der Waals surface area contributed by atoms with Gasteiger partial charge in [0.05, 0.1) is 5.56 Å². The molecule has 0 radical (unpaired) electrons. The van der Waals surface area contributed by atoms with Gasteiger partial charge in [0.2, 0.25) is 11.8 Å². The molecule has 21 heavy (non-hydrogen) atoms. The maximum atomic E-state index is 12.4. The van der Waals surface area contributed by atoms with Gasteiger partial charge in [-0.05, 0) is 18.6 Å². The largest absolute Gasteiger partial charge is 0.340 e. The predicted octanol–water partition coefficient (Wildman–Crippen LogP) is 0.108. The molecule has 108 valence electrons. The summed E-state index contributed by atoms with van der Waals surface area (Å²) >= 11 is 0. The summed E-state index contributed by atoms with van der Waals surface area (Å²) in [6, 6.07) is 2.88. The molecule has 1 aliphatic heterocycles. The summed E-state index contributed by atoms with van der Waals surface area (Å²) < 4.78 is 1.76. The lowest BCUT2D eigenvalue weighted by Crippen LogP contribution is -2.52. The Hall–Kier alpha value is -2.70. The minimum absolute atomic E-state index is 0.230. The second kappa shape index (κ2) is 5.01. The fraction of sp³-hybridized carbons (Fsp3) is 0.286. The van der Waals surface area contributed by atoms with E-state index >= 15 is 0 Å². The number of nitrogens with zero attached hydrogens (tertiary/aromatic N) is 2. The number of aryl methyl sites for hydroxylation is 1. The molecule has 1 unspecified atom stereocenters. The van der Waals surface area contributed by atoms with Crippen molar-refractivity contribution in [2.45, 2.75) is 18.9 Å². The van der Waals surface area contributed by atoms with Crippen LogP contribution in [0.5, 0.6) is 0 Å². The Morgan fingerprint density at radius 2 is 2.29 bits per heavy atom. The lowest BCUT2D eigenvalue weighted by atomic mass is 10.1. The number of hydrogen-bond donors (Lipinski definition) is 2. The van der Waals surface area contributed by atoms with E-state index < -0.39 is 11.9 Å². The van der Waals surface area contributed by atoms with Crippen LogP contribution in [0.4, 0.5) is 0 Å². The molecule has 2 aromatic rings. The van der Waals surface area contributed by atoms with Crippen molar-refractivity contribution >= 4 is 28.8 Å². The van der Waals surface area contributed by atoms with Crippen molar-refractivity contribution in [3.8, 4) is 0 Å². The molecule has 0 aromatic carbocycles. The predicted molar refractivity (Wildman–Crippen MR) is 74.4 cm³/mol. The Balaban J connectivity index is 1.85. The van der Waals surface area contributed by atoms with Gasteiger partial charge in [0.15, 0.2) is 0 Å². The van der Waals surface area contributed by atoms with E-state index in [9.17, 15) is 14.4 Å². The van der Waals surface area contributed by atoms with Crippen LogP contribution >= 0.6 is 0 Å². The van der Waals surface area contributed by atoms with E-state index in [-0.39, 0.29) is 18.2 Å². The van der Waals surface area contributed by atoms with Crippen molar-refractivity contribution in [2.24, 2.45) is 7.05 Å². The first kappa shape index (κ1) is 13.3. The van der Waals surface area contributed by atoms with Gasteiger partial charge in [0.25, 0.3) is 5.91 Å². The highest BCUT2D eigenvalue weighted by molar-refractivity contribution is 6.08. The highest BCUT2D eigenvalue weighted by Crippen LogP contribution is 2.18. The molecule has 3 heterocycles. The number of piperidine rings is 1. The maximum Gasteiger partial charge on any atom is 0.254 e. The van der Waals surface area contributed by atoms with Crippen LogP contribution in [0.1, 0.15) is 23.2 Å². The summed E-state index contributed by atoms with van der Waals surface area (Å²) in [7, 11) is 1.80. The number of carbonyl (C=O) groups excluding carboxylic acids is 3. The van der Waals surface area contributed by atoms with Crippen LogP contribution < -0.4 is 10.6 Å². The molecule has 7 nitrogen and oxygen atoms in total. The van der Waals surface area contributed by atoms with Crippen molar-refractivity contribution in [1.29, 1.82) is 0 Å². The van der Waals surface area contributed by atoms with Gasteiger partial charge in [-0.3, -0.25) is 19.7 Å². The second-order valence-electron chi connectivity index (χ2n) is 5.01. The molecule has 7 heteroatoms. The van der Waals surface area contributed by atoms with Gasteiger partial charge in [-0.1, -0.05) is 0 Å². The van der Waals surface area contributed by atoms with Gasteiger partial charge >= 0.3 is 0 Å². The van der Waals surface area contributed by atoms with E-state index in [1.165, 1.54) is 0 Å². The Kier molecular flexibility index (Phi) is 3.17. The molecular weight excluding hydrogens is 272 g/mol. The zero-order valence-electron chi connectivity index (χ0n) is 11.4. The van der Waals surface area contributed by atoms with Crippen molar-refractivity contribution in [1.82, 2.24) is 20.2 Å². The molecular formula is C14H14N4O3. The van der Waals surface area contributed by atoms with Crippen LogP contribution in [0.3, 0.4) is 0 Å². The van der Waals surface area contributed by atoms with Crippen LogP contribution in [-0.2, 0) is 16.6 Å².